The van der Waals surface area contributed by atoms with Gasteiger partial charge in [-0.15, -0.1) is 10.2 Å². The molecule has 132 valence electrons. The Morgan fingerprint density at radius 1 is 1.16 bits per heavy atom. The number of aromatic nitrogens is 2. The number of nitrogens with zero attached hydrogens (tertiary/aromatic N) is 2. The van der Waals surface area contributed by atoms with Gasteiger partial charge in [0.25, 0.3) is 5.91 Å². The van der Waals surface area contributed by atoms with E-state index in [1.54, 1.807) is 37.4 Å². The number of nitrogens with one attached hydrogen (secondary N) is 2. The van der Waals surface area contributed by atoms with E-state index in [-0.39, 0.29) is 11.8 Å². The van der Waals surface area contributed by atoms with E-state index < -0.39 is 0 Å². The van der Waals surface area contributed by atoms with Crippen LogP contribution in [0.2, 0.25) is 0 Å². The van der Waals surface area contributed by atoms with Gasteiger partial charge in [0.15, 0.2) is 0 Å². The van der Waals surface area contributed by atoms with Gasteiger partial charge in [0, 0.05) is 25.1 Å². The largest absolute Gasteiger partial charge is 0.355 e. The molecule has 0 aliphatic heterocycles. The summed E-state index contributed by atoms with van der Waals surface area (Å²) in [6, 6.07) is 6.99. The lowest BCUT2D eigenvalue weighted by Gasteiger charge is -2.00. The third kappa shape index (κ3) is 6.11. The topological polar surface area (TPSA) is 84.0 Å². The Kier molecular flexibility index (Phi) is 7.28. The summed E-state index contributed by atoms with van der Waals surface area (Å²) in [6.45, 7) is 2.16. The van der Waals surface area contributed by atoms with Gasteiger partial charge in [0.05, 0.1) is 0 Å². The minimum atomic E-state index is -0.258. The Morgan fingerprint density at radius 2 is 1.92 bits per heavy atom. The predicted octanol–water partition coefficient (Wildman–Crippen LogP) is 3.28. The van der Waals surface area contributed by atoms with E-state index in [0.717, 1.165) is 29.8 Å². The number of aryl methyl sites for hydroxylation is 1. The van der Waals surface area contributed by atoms with Crippen molar-refractivity contribution in [1.29, 1.82) is 0 Å². The highest BCUT2D eigenvalue weighted by atomic mass is 32.1. The molecule has 2 rings (SSSR count). The van der Waals surface area contributed by atoms with Crippen molar-refractivity contribution in [1.82, 2.24) is 15.5 Å². The van der Waals surface area contributed by atoms with Crippen molar-refractivity contribution in [3.05, 3.63) is 46.5 Å². The van der Waals surface area contributed by atoms with Crippen molar-refractivity contribution in [2.45, 2.75) is 32.6 Å². The Balaban J connectivity index is 1.87. The summed E-state index contributed by atoms with van der Waals surface area (Å²) in [7, 11) is 1.59. The summed E-state index contributed by atoms with van der Waals surface area (Å²) >= 11 is 1.41. The molecular formula is C18H22N4O2S. The smallest absolute Gasteiger partial charge is 0.251 e. The fourth-order valence-corrected chi connectivity index (χ4v) is 2.92. The van der Waals surface area contributed by atoms with Crippen LogP contribution in [0.25, 0.3) is 6.08 Å². The molecular weight excluding hydrogens is 336 g/mol. The fraction of sp³-hybridized carbons (Fsp3) is 0.333. The number of hydrogen-bond acceptors (Lipinski definition) is 5. The fourth-order valence-electron chi connectivity index (χ4n) is 2.14. The van der Waals surface area contributed by atoms with E-state index in [2.05, 4.69) is 27.8 Å². The van der Waals surface area contributed by atoms with Gasteiger partial charge in [-0.3, -0.25) is 14.9 Å². The van der Waals surface area contributed by atoms with Crippen LogP contribution in [0.4, 0.5) is 5.13 Å². The molecule has 0 saturated carbocycles. The zero-order valence-corrected chi connectivity index (χ0v) is 15.2. The quantitative estimate of drug-likeness (QED) is 0.560. The molecule has 0 spiro atoms. The lowest BCUT2D eigenvalue weighted by Crippen LogP contribution is -2.17. The Bertz CT molecular complexity index is 738. The highest BCUT2D eigenvalue weighted by Gasteiger charge is 2.06. The van der Waals surface area contributed by atoms with Gasteiger partial charge >= 0.3 is 0 Å². The van der Waals surface area contributed by atoms with Gasteiger partial charge in [-0.05, 0) is 30.2 Å². The SMILES string of the molecule is CCCCCc1nnc(NC(=O)/C=C/c2ccc(C(=O)NC)cc2)s1. The average molecular weight is 358 g/mol. The molecule has 0 bridgehead atoms. The molecule has 0 fully saturated rings. The van der Waals surface area contributed by atoms with E-state index in [1.807, 2.05) is 0 Å². The second-order valence-corrected chi connectivity index (χ2v) is 6.54. The average Bonchev–Trinajstić information content (AvgIpc) is 3.07. The first kappa shape index (κ1) is 18.8. The maximum atomic E-state index is 12.0. The minimum absolute atomic E-state index is 0.140. The van der Waals surface area contributed by atoms with Crippen molar-refractivity contribution in [3.8, 4) is 0 Å². The van der Waals surface area contributed by atoms with E-state index >= 15 is 0 Å². The maximum absolute atomic E-state index is 12.0. The van der Waals surface area contributed by atoms with Gasteiger partial charge in [-0.2, -0.15) is 0 Å². The zero-order valence-electron chi connectivity index (χ0n) is 14.4. The molecule has 1 aromatic heterocycles. The van der Waals surface area contributed by atoms with E-state index in [1.165, 1.54) is 23.8 Å². The van der Waals surface area contributed by atoms with Crippen molar-refractivity contribution >= 4 is 34.4 Å². The number of unbranched alkanes of at least 4 members (excludes halogenated alkanes) is 2. The van der Waals surface area contributed by atoms with Crippen LogP contribution >= 0.6 is 11.3 Å². The summed E-state index contributed by atoms with van der Waals surface area (Å²) in [5.41, 5.74) is 1.41. The van der Waals surface area contributed by atoms with Crippen LogP contribution in [-0.2, 0) is 11.2 Å². The first-order valence-electron chi connectivity index (χ1n) is 8.26. The van der Waals surface area contributed by atoms with Gasteiger partial charge < -0.3 is 5.32 Å². The zero-order chi connectivity index (χ0) is 18.1. The van der Waals surface area contributed by atoms with Crippen molar-refractivity contribution in [3.63, 3.8) is 0 Å². The lowest BCUT2D eigenvalue weighted by molar-refractivity contribution is -0.111. The summed E-state index contributed by atoms with van der Waals surface area (Å²) in [5.74, 6) is -0.397. The summed E-state index contributed by atoms with van der Waals surface area (Å²) in [5, 5.41) is 14.8. The number of carbonyl (C=O) groups is 2. The molecule has 2 aromatic rings. The van der Waals surface area contributed by atoms with Crippen LogP contribution in [0.15, 0.2) is 30.3 Å². The number of anilines is 1. The number of amides is 2. The summed E-state index contributed by atoms with van der Waals surface area (Å²) in [4.78, 5) is 23.4. The highest BCUT2D eigenvalue weighted by Crippen LogP contribution is 2.17. The van der Waals surface area contributed by atoms with Gasteiger partial charge in [-0.25, -0.2) is 0 Å². The van der Waals surface area contributed by atoms with Crippen LogP contribution in [0.3, 0.4) is 0 Å². The molecule has 25 heavy (non-hydrogen) atoms. The highest BCUT2D eigenvalue weighted by molar-refractivity contribution is 7.15. The molecule has 1 heterocycles. The van der Waals surface area contributed by atoms with E-state index in [4.69, 9.17) is 0 Å². The van der Waals surface area contributed by atoms with Crippen LogP contribution in [-0.4, -0.2) is 29.1 Å². The van der Waals surface area contributed by atoms with Crippen molar-refractivity contribution < 1.29 is 9.59 Å². The van der Waals surface area contributed by atoms with Crippen molar-refractivity contribution in [2.24, 2.45) is 0 Å². The molecule has 0 saturated heterocycles. The van der Waals surface area contributed by atoms with Gasteiger partial charge in [0.1, 0.15) is 5.01 Å². The van der Waals surface area contributed by atoms with E-state index in [9.17, 15) is 9.59 Å². The third-order valence-electron chi connectivity index (χ3n) is 3.52. The first-order chi connectivity index (χ1) is 12.1. The molecule has 2 N–H and O–H groups in total. The monoisotopic (exact) mass is 358 g/mol. The van der Waals surface area contributed by atoms with Gasteiger partial charge in [-0.1, -0.05) is 43.2 Å². The van der Waals surface area contributed by atoms with Crippen LogP contribution in [0.5, 0.6) is 0 Å². The summed E-state index contributed by atoms with van der Waals surface area (Å²) in [6.07, 6.45) is 7.44. The number of hydrogen-bond donors (Lipinski definition) is 2. The molecule has 7 heteroatoms. The summed E-state index contributed by atoms with van der Waals surface area (Å²) < 4.78 is 0. The number of rotatable bonds is 8. The molecule has 1 aromatic carbocycles. The number of carbonyl (C=O) groups excluding carboxylic acids is 2. The van der Waals surface area contributed by atoms with Crippen LogP contribution < -0.4 is 10.6 Å². The molecule has 0 unspecified atom stereocenters. The third-order valence-corrected chi connectivity index (χ3v) is 4.42. The second kappa shape index (κ2) is 9.68. The Hall–Kier alpha value is -2.54. The normalized spacial score (nSPS) is 10.8. The second-order valence-electron chi connectivity index (χ2n) is 5.48. The van der Waals surface area contributed by atoms with Crippen LogP contribution in [0, 0.1) is 0 Å². The Labute approximate surface area is 151 Å². The molecule has 6 nitrogen and oxygen atoms in total. The molecule has 2 amide bonds. The first-order valence-corrected chi connectivity index (χ1v) is 9.07. The van der Waals surface area contributed by atoms with E-state index in [0.29, 0.717) is 10.7 Å². The maximum Gasteiger partial charge on any atom is 0.251 e. The van der Waals surface area contributed by atoms with Crippen LogP contribution in [0.1, 0.15) is 47.1 Å². The standard InChI is InChI=1S/C18H22N4O2S/c1-3-4-5-6-16-21-22-18(25-16)20-15(23)12-9-13-7-10-14(11-8-13)17(24)19-2/h7-12H,3-6H2,1-2H3,(H,19,24)(H,20,22,23)/b12-9+. The molecule has 0 aliphatic carbocycles. The lowest BCUT2D eigenvalue weighted by atomic mass is 10.1. The molecule has 0 atom stereocenters. The molecule has 0 aliphatic rings. The minimum Gasteiger partial charge on any atom is -0.355 e. The van der Waals surface area contributed by atoms with Crippen molar-refractivity contribution in [2.75, 3.05) is 12.4 Å². The Morgan fingerprint density at radius 3 is 2.60 bits per heavy atom. The predicted molar refractivity (Wildman–Crippen MR) is 101 cm³/mol. The molecule has 0 radical (unpaired) electrons. The number of benzene rings is 1. The van der Waals surface area contributed by atoms with Gasteiger partial charge in [0.2, 0.25) is 11.0 Å².